The third-order valence-corrected chi connectivity index (χ3v) is 4.54. The van der Waals surface area contributed by atoms with Crippen LogP contribution in [0.4, 0.5) is 0 Å². The van der Waals surface area contributed by atoms with Crippen molar-refractivity contribution >= 4 is 0 Å². The van der Waals surface area contributed by atoms with Crippen LogP contribution in [-0.4, -0.2) is 36.2 Å². The molecule has 2 atom stereocenters. The van der Waals surface area contributed by atoms with Gasteiger partial charge in [-0.15, -0.1) is 0 Å². The van der Waals surface area contributed by atoms with Crippen molar-refractivity contribution in [2.24, 2.45) is 0 Å². The van der Waals surface area contributed by atoms with Gasteiger partial charge in [0, 0.05) is 19.1 Å². The van der Waals surface area contributed by atoms with Crippen LogP contribution in [0.1, 0.15) is 71.6 Å². The van der Waals surface area contributed by atoms with E-state index >= 15 is 0 Å². The SMILES string of the molecule is CC1CN(C2CCCCCCCCC2)CC(C)O1. The van der Waals surface area contributed by atoms with Gasteiger partial charge in [-0.3, -0.25) is 4.90 Å². The van der Waals surface area contributed by atoms with Gasteiger partial charge in [-0.05, 0) is 26.7 Å². The van der Waals surface area contributed by atoms with Crippen LogP contribution in [0.5, 0.6) is 0 Å². The summed E-state index contributed by atoms with van der Waals surface area (Å²) in [6.45, 7) is 6.75. The molecule has 2 rings (SSSR count). The highest BCUT2D eigenvalue weighted by Crippen LogP contribution is 2.23. The molecule has 18 heavy (non-hydrogen) atoms. The minimum atomic E-state index is 0.421. The third-order valence-electron chi connectivity index (χ3n) is 4.54. The van der Waals surface area contributed by atoms with Crippen molar-refractivity contribution in [3.63, 3.8) is 0 Å². The summed E-state index contributed by atoms with van der Waals surface area (Å²) in [5.41, 5.74) is 0. The maximum absolute atomic E-state index is 5.87. The molecule has 1 saturated heterocycles. The Kier molecular flexibility index (Phi) is 5.97. The number of morpholine rings is 1. The van der Waals surface area contributed by atoms with Crippen molar-refractivity contribution in [1.82, 2.24) is 4.90 Å². The molecule has 0 aromatic heterocycles. The van der Waals surface area contributed by atoms with E-state index in [4.69, 9.17) is 4.74 Å². The highest BCUT2D eigenvalue weighted by atomic mass is 16.5. The second kappa shape index (κ2) is 7.49. The van der Waals surface area contributed by atoms with Crippen molar-refractivity contribution < 1.29 is 4.74 Å². The molecule has 0 N–H and O–H groups in total. The first-order valence-electron chi connectivity index (χ1n) is 8.15. The molecule has 1 heterocycles. The van der Waals surface area contributed by atoms with Crippen molar-refractivity contribution in [2.45, 2.75) is 89.9 Å². The molecule has 2 unspecified atom stereocenters. The van der Waals surface area contributed by atoms with Crippen LogP contribution >= 0.6 is 0 Å². The molecular formula is C16H31NO. The zero-order valence-corrected chi connectivity index (χ0v) is 12.4. The Morgan fingerprint density at radius 2 is 1.17 bits per heavy atom. The first-order valence-corrected chi connectivity index (χ1v) is 8.15. The zero-order chi connectivity index (χ0) is 12.8. The zero-order valence-electron chi connectivity index (χ0n) is 12.4. The first-order chi connectivity index (χ1) is 8.75. The molecule has 0 radical (unpaired) electrons. The van der Waals surface area contributed by atoms with Crippen molar-refractivity contribution in [1.29, 1.82) is 0 Å². The van der Waals surface area contributed by atoms with Gasteiger partial charge in [0.25, 0.3) is 0 Å². The van der Waals surface area contributed by atoms with E-state index in [0.29, 0.717) is 12.2 Å². The van der Waals surface area contributed by atoms with Crippen LogP contribution < -0.4 is 0 Å². The largest absolute Gasteiger partial charge is 0.373 e. The van der Waals surface area contributed by atoms with E-state index in [0.717, 1.165) is 19.1 Å². The molecule has 1 saturated carbocycles. The first kappa shape index (κ1) is 14.3. The summed E-state index contributed by atoms with van der Waals surface area (Å²) < 4.78 is 5.87. The molecule has 0 aromatic rings. The molecule has 1 aliphatic heterocycles. The Bertz CT molecular complexity index is 211. The minimum Gasteiger partial charge on any atom is -0.373 e. The van der Waals surface area contributed by atoms with Crippen LogP contribution in [0.2, 0.25) is 0 Å². The van der Waals surface area contributed by atoms with E-state index in [9.17, 15) is 0 Å². The number of hydrogen-bond donors (Lipinski definition) is 0. The lowest BCUT2D eigenvalue weighted by Crippen LogP contribution is -2.50. The van der Waals surface area contributed by atoms with Gasteiger partial charge in [-0.25, -0.2) is 0 Å². The molecule has 0 bridgehead atoms. The molecule has 0 aromatic carbocycles. The monoisotopic (exact) mass is 253 g/mol. The van der Waals surface area contributed by atoms with Gasteiger partial charge in [-0.2, -0.15) is 0 Å². The van der Waals surface area contributed by atoms with Crippen LogP contribution in [-0.2, 0) is 4.74 Å². The Labute approximate surface area is 113 Å². The summed E-state index contributed by atoms with van der Waals surface area (Å²) in [7, 11) is 0. The number of rotatable bonds is 1. The summed E-state index contributed by atoms with van der Waals surface area (Å²) in [5, 5.41) is 0. The smallest absolute Gasteiger partial charge is 0.0678 e. The van der Waals surface area contributed by atoms with Crippen LogP contribution in [0.25, 0.3) is 0 Å². The van der Waals surface area contributed by atoms with Crippen molar-refractivity contribution in [2.75, 3.05) is 13.1 Å². The number of ether oxygens (including phenoxy) is 1. The predicted octanol–water partition coefficient (Wildman–Crippen LogP) is 3.99. The molecule has 106 valence electrons. The predicted molar refractivity (Wildman–Crippen MR) is 76.9 cm³/mol. The maximum Gasteiger partial charge on any atom is 0.0678 e. The lowest BCUT2D eigenvalue weighted by molar-refractivity contribution is -0.0825. The van der Waals surface area contributed by atoms with Gasteiger partial charge in [0.05, 0.1) is 12.2 Å². The van der Waals surface area contributed by atoms with Gasteiger partial charge in [0.2, 0.25) is 0 Å². The van der Waals surface area contributed by atoms with Gasteiger partial charge in [0.15, 0.2) is 0 Å². The minimum absolute atomic E-state index is 0.421. The Morgan fingerprint density at radius 3 is 1.67 bits per heavy atom. The fraction of sp³-hybridized carbons (Fsp3) is 1.00. The molecule has 1 aliphatic carbocycles. The second-order valence-electron chi connectivity index (χ2n) is 6.42. The summed E-state index contributed by atoms with van der Waals surface area (Å²) in [6, 6.07) is 0.830. The molecule has 2 heteroatoms. The Balaban J connectivity index is 1.86. The molecule has 2 nitrogen and oxygen atoms in total. The lowest BCUT2D eigenvalue weighted by Gasteiger charge is -2.40. The summed E-state index contributed by atoms with van der Waals surface area (Å²) in [5.74, 6) is 0. The molecule has 0 spiro atoms. The van der Waals surface area contributed by atoms with E-state index in [1.54, 1.807) is 0 Å². The topological polar surface area (TPSA) is 12.5 Å². The van der Waals surface area contributed by atoms with Gasteiger partial charge < -0.3 is 4.74 Å². The summed E-state index contributed by atoms with van der Waals surface area (Å²) in [4.78, 5) is 2.72. The molecule has 2 aliphatic rings. The highest BCUT2D eigenvalue weighted by Gasteiger charge is 2.27. The van der Waals surface area contributed by atoms with Crippen LogP contribution in [0, 0.1) is 0 Å². The second-order valence-corrected chi connectivity index (χ2v) is 6.42. The van der Waals surface area contributed by atoms with E-state index < -0.39 is 0 Å². The quantitative estimate of drug-likeness (QED) is 0.700. The fourth-order valence-corrected chi connectivity index (χ4v) is 3.67. The molecule has 0 amide bonds. The van der Waals surface area contributed by atoms with E-state index in [1.807, 2.05) is 0 Å². The maximum atomic E-state index is 5.87. The summed E-state index contributed by atoms with van der Waals surface area (Å²) in [6.07, 6.45) is 13.8. The van der Waals surface area contributed by atoms with Crippen molar-refractivity contribution in [3.05, 3.63) is 0 Å². The Morgan fingerprint density at radius 1 is 0.722 bits per heavy atom. The average Bonchev–Trinajstić information content (AvgIpc) is 2.34. The third kappa shape index (κ3) is 4.55. The van der Waals surface area contributed by atoms with Crippen molar-refractivity contribution in [3.8, 4) is 0 Å². The van der Waals surface area contributed by atoms with E-state index in [1.165, 1.54) is 57.8 Å². The normalized spacial score (nSPS) is 34.3. The van der Waals surface area contributed by atoms with Gasteiger partial charge >= 0.3 is 0 Å². The van der Waals surface area contributed by atoms with Gasteiger partial charge in [0.1, 0.15) is 0 Å². The molecular weight excluding hydrogens is 222 g/mol. The summed E-state index contributed by atoms with van der Waals surface area (Å²) >= 11 is 0. The lowest BCUT2D eigenvalue weighted by atomic mass is 9.95. The van der Waals surface area contributed by atoms with E-state index in [-0.39, 0.29) is 0 Å². The fourth-order valence-electron chi connectivity index (χ4n) is 3.67. The van der Waals surface area contributed by atoms with Crippen LogP contribution in [0.15, 0.2) is 0 Å². The molecule has 2 fully saturated rings. The highest BCUT2D eigenvalue weighted by molar-refractivity contribution is 4.80. The van der Waals surface area contributed by atoms with Crippen LogP contribution in [0.3, 0.4) is 0 Å². The Hall–Kier alpha value is -0.0800. The van der Waals surface area contributed by atoms with E-state index in [2.05, 4.69) is 18.7 Å². The number of hydrogen-bond acceptors (Lipinski definition) is 2. The van der Waals surface area contributed by atoms with Gasteiger partial charge in [-0.1, -0.05) is 44.9 Å². The standard InChI is InChI=1S/C16H31NO/c1-14-12-17(13-15(2)18-14)16-10-8-6-4-3-5-7-9-11-16/h14-16H,3-13H2,1-2H3. The average molecular weight is 253 g/mol. The number of nitrogens with zero attached hydrogens (tertiary/aromatic N) is 1.